The van der Waals surface area contributed by atoms with E-state index in [1.54, 1.807) is 12.3 Å². The van der Waals surface area contributed by atoms with Crippen LogP contribution < -0.4 is 0 Å². The Kier molecular flexibility index (Phi) is 2.25. The highest BCUT2D eigenvalue weighted by molar-refractivity contribution is 6.33. The van der Waals surface area contributed by atoms with Crippen LogP contribution in [0.1, 0.15) is 5.82 Å². The highest BCUT2D eigenvalue weighted by atomic mass is 35.5. The van der Waals surface area contributed by atoms with Gasteiger partial charge in [-0.3, -0.25) is 0 Å². The molecule has 0 saturated carbocycles. The van der Waals surface area contributed by atoms with Crippen LogP contribution in [0.3, 0.4) is 0 Å². The molecule has 0 atom stereocenters. The zero-order valence-corrected chi connectivity index (χ0v) is 8.27. The van der Waals surface area contributed by atoms with Crippen molar-refractivity contribution in [1.82, 2.24) is 9.97 Å². The minimum Gasteiger partial charge on any atom is -0.342 e. The summed E-state index contributed by atoms with van der Waals surface area (Å²) in [5.74, 6) is 0.468. The van der Waals surface area contributed by atoms with Crippen molar-refractivity contribution in [3.05, 3.63) is 41.1 Å². The Bertz CT molecular complexity index is 465. The van der Waals surface area contributed by atoms with E-state index in [4.69, 9.17) is 11.6 Å². The molecular weight excluding hydrogens is 203 g/mol. The Balaban J connectivity index is 2.52. The molecule has 0 aliphatic rings. The van der Waals surface area contributed by atoms with Gasteiger partial charge < -0.3 is 4.98 Å². The van der Waals surface area contributed by atoms with Crippen molar-refractivity contribution in [2.24, 2.45) is 0 Å². The van der Waals surface area contributed by atoms with Crippen molar-refractivity contribution in [3.63, 3.8) is 0 Å². The number of hydrogen-bond acceptors (Lipinski definition) is 1. The summed E-state index contributed by atoms with van der Waals surface area (Å²) in [5, 5.41) is 0.383. The van der Waals surface area contributed by atoms with Gasteiger partial charge in [-0.15, -0.1) is 0 Å². The van der Waals surface area contributed by atoms with E-state index in [0.717, 1.165) is 17.1 Å². The van der Waals surface area contributed by atoms with Gasteiger partial charge >= 0.3 is 0 Å². The summed E-state index contributed by atoms with van der Waals surface area (Å²) in [6, 6.07) is 4.29. The second-order valence-corrected chi connectivity index (χ2v) is 3.41. The molecule has 72 valence electrons. The minimum atomic E-state index is -0.338. The molecule has 1 aromatic heterocycles. The number of nitrogens with zero attached hydrogens (tertiary/aromatic N) is 1. The summed E-state index contributed by atoms with van der Waals surface area (Å²) in [7, 11) is 0. The molecule has 4 heteroatoms. The van der Waals surface area contributed by atoms with Crippen LogP contribution in [0.4, 0.5) is 4.39 Å². The standard InChI is InChI=1S/C10H8ClFN2/c1-6-13-5-10(14-6)8-3-2-7(12)4-9(8)11/h2-5H,1H3,(H,13,14). The maximum atomic E-state index is 12.8. The van der Waals surface area contributed by atoms with Gasteiger partial charge in [0.2, 0.25) is 0 Å². The molecule has 1 aromatic carbocycles. The van der Waals surface area contributed by atoms with Gasteiger partial charge in [0.15, 0.2) is 0 Å². The second-order valence-electron chi connectivity index (χ2n) is 3.01. The summed E-state index contributed by atoms with van der Waals surface area (Å²) in [6.45, 7) is 1.85. The SMILES string of the molecule is Cc1ncc(-c2ccc(F)cc2Cl)[nH]1. The van der Waals surface area contributed by atoms with Gasteiger partial charge in [-0.25, -0.2) is 9.37 Å². The number of halogens is 2. The van der Waals surface area contributed by atoms with Gasteiger partial charge in [-0.1, -0.05) is 11.6 Å². The lowest BCUT2D eigenvalue weighted by Gasteiger charge is -2.00. The zero-order valence-electron chi connectivity index (χ0n) is 7.51. The average molecular weight is 211 g/mol. The average Bonchev–Trinajstić information content (AvgIpc) is 2.51. The van der Waals surface area contributed by atoms with Crippen molar-refractivity contribution < 1.29 is 4.39 Å². The van der Waals surface area contributed by atoms with Crippen LogP contribution in [0.25, 0.3) is 11.3 Å². The third-order valence-corrected chi connectivity index (χ3v) is 2.24. The molecule has 0 aliphatic carbocycles. The van der Waals surface area contributed by atoms with E-state index in [1.165, 1.54) is 12.1 Å². The van der Waals surface area contributed by atoms with Crippen LogP contribution >= 0.6 is 11.6 Å². The lowest BCUT2D eigenvalue weighted by atomic mass is 10.2. The molecule has 0 radical (unpaired) electrons. The van der Waals surface area contributed by atoms with E-state index >= 15 is 0 Å². The van der Waals surface area contributed by atoms with E-state index in [0.29, 0.717) is 5.02 Å². The molecule has 2 nitrogen and oxygen atoms in total. The van der Waals surface area contributed by atoms with Crippen LogP contribution in [0.2, 0.25) is 5.02 Å². The summed E-state index contributed by atoms with van der Waals surface area (Å²) < 4.78 is 12.8. The van der Waals surface area contributed by atoms with Gasteiger partial charge in [0, 0.05) is 5.56 Å². The topological polar surface area (TPSA) is 28.7 Å². The van der Waals surface area contributed by atoms with Crippen molar-refractivity contribution >= 4 is 11.6 Å². The lowest BCUT2D eigenvalue weighted by molar-refractivity contribution is 0.628. The first-order valence-electron chi connectivity index (χ1n) is 4.14. The summed E-state index contributed by atoms with van der Waals surface area (Å²) in [5.41, 5.74) is 1.56. The number of nitrogens with one attached hydrogen (secondary N) is 1. The molecule has 1 N–H and O–H groups in total. The smallest absolute Gasteiger partial charge is 0.124 e. The fourth-order valence-electron chi connectivity index (χ4n) is 1.27. The molecule has 0 unspecified atom stereocenters. The Labute approximate surface area is 85.8 Å². The molecule has 0 saturated heterocycles. The van der Waals surface area contributed by atoms with Crippen molar-refractivity contribution in [2.45, 2.75) is 6.92 Å². The molecule has 0 spiro atoms. The first-order valence-corrected chi connectivity index (χ1v) is 4.51. The van der Waals surface area contributed by atoms with Crippen molar-refractivity contribution in [1.29, 1.82) is 0 Å². The summed E-state index contributed by atoms with van der Waals surface area (Å²) in [6.07, 6.45) is 1.68. The van der Waals surface area contributed by atoms with Crippen LogP contribution in [0.15, 0.2) is 24.4 Å². The minimum absolute atomic E-state index is 0.338. The predicted octanol–water partition coefficient (Wildman–Crippen LogP) is 3.18. The number of aromatic nitrogens is 2. The third kappa shape index (κ3) is 1.63. The lowest BCUT2D eigenvalue weighted by Crippen LogP contribution is -1.81. The molecule has 14 heavy (non-hydrogen) atoms. The van der Waals surface area contributed by atoms with E-state index in [2.05, 4.69) is 9.97 Å². The molecule has 2 aromatic rings. The Hall–Kier alpha value is -1.35. The van der Waals surface area contributed by atoms with Gasteiger partial charge in [-0.2, -0.15) is 0 Å². The quantitative estimate of drug-likeness (QED) is 0.770. The fourth-order valence-corrected chi connectivity index (χ4v) is 1.53. The summed E-state index contributed by atoms with van der Waals surface area (Å²) >= 11 is 5.89. The van der Waals surface area contributed by atoms with Gasteiger partial charge in [-0.05, 0) is 25.1 Å². The normalized spacial score (nSPS) is 10.5. The van der Waals surface area contributed by atoms with Crippen molar-refractivity contribution in [2.75, 3.05) is 0 Å². The first-order chi connectivity index (χ1) is 6.66. The number of hydrogen-bond donors (Lipinski definition) is 1. The van der Waals surface area contributed by atoms with Gasteiger partial charge in [0.05, 0.1) is 16.9 Å². The maximum absolute atomic E-state index is 12.8. The van der Waals surface area contributed by atoms with Crippen LogP contribution in [0.5, 0.6) is 0 Å². The largest absolute Gasteiger partial charge is 0.342 e. The maximum Gasteiger partial charge on any atom is 0.124 e. The summed E-state index contributed by atoms with van der Waals surface area (Å²) in [4.78, 5) is 7.08. The number of aryl methyl sites for hydroxylation is 1. The number of imidazole rings is 1. The van der Waals surface area contributed by atoms with Crippen LogP contribution in [0, 0.1) is 12.7 Å². The zero-order chi connectivity index (χ0) is 10.1. The highest BCUT2D eigenvalue weighted by Gasteiger charge is 2.06. The number of H-pyrrole nitrogens is 1. The van der Waals surface area contributed by atoms with Gasteiger partial charge in [0.25, 0.3) is 0 Å². The van der Waals surface area contributed by atoms with Crippen LogP contribution in [-0.4, -0.2) is 9.97 Å². The molecule has 0 fully saturated rings. The number of aromatic amines is 1. The van der Waals surface area contributed by atoms with Crippen molar-refractivity contribution in [3.8, 4) is 11.3 Å². The van der Waals surface area contributed by atoms with E-state index in [1.807, 2.05) is 6.92 Å². The molecular formula is C10H8ClFN2. The van der Waals surface area contributed by atoms with E-state index in [9.17, 15) is 4.39 Å². The third-order valence-electron chi connectivity index (χ3n) is 1.92. The Morgan fingerprint density at radius 2 is 2.21 bits per heavy atom. The highest BCUT2D eigenvalue weighted by Crippen LogP contribution is 2.26. The molecule has 1 heterocycles. The van der Waals surface area contributed by atoms with Crippen LogP contribution in [-0.2, 0) is 0 Å². The van der Waals surface area contributed by atoms with Gasteiger partial charge in [0.1, 0.15) is 11.6 Å². The number of rotatable bonds is 1. The monoisotopic (exact) mass is 210 g/mol. The molecule has 0 amide bonds. The first kappa shape index (κ1) is 9.21. The van der Waals surface area contributed by atoms with E-state index < -0.39 is 0 Å². The number of benzene rings is 1. The predicted molar refractivity (Wildman–Crippen MR) is 53.7 cm³/mol. The Morgan fingerprint density at radius 1 is 1.43 bits per heavy atom. The molecule has 0 aliphatic heterocycles. The molecule has 2 rings (SSSR count). The Morgan fingerprint density at radius 3 is 2.79 bits per heavy atom. The van der Waals surface area contributed by atoms with E-state index in [-0.39, 0.29) is 5.82 Å². The molecule has 0 bridgehead atoms. The second kappa shape index (κ2) is 3.42. The fraction of sp³-hybridized carbons (Fsp3) is 0.100.